The van der Waals surface area contributed by atoms with Gasteiger partial charge < -0.3 is 10.6 Å². The van der Waals surface area contributed by atoms with Gasteiger partial charge in [0.25, 0.3) is 0 Å². The second kappa shape index (κ2) is 5.89. The van der Waals surface area contributed by atoms with Crippen LogP contribution in [0, 0.1) is 0 Å². The lowest BCUT2D eigenvalue weighted by molar-refractivity contribution is 0.119. The molecule has 2 N–H and O–H groups in total. The maximum atomic E-state index is 5.90. The zero-order valence-corrected chi connectivity index (χ0v) is 13.3. The number of nitrogens with two attached hydrogens (primary N) is 1. The Bertz CT molecular complexity index is 491. The lowest BCUT2D eigenvalue weighted by atomic mass is 9.96. The molecular weight excluding hydrogens is 262 g/mol. The summed E-state index contributed by atoms with van der Waals surface area (Å²) in [6.07, 6.45) is 6.54. The summed E-state index contributed by atoms with van der Waals surface area (Å²) >= 11 is 0. The van der Waals surface area contributed by atoms with Crippen molar-refractivity contribution in [2.75, 3.05) is 37.6 Å². The summed E-state index contributed by atoms with van der Waals surface area (Å²) in [6.45, 7) is 9.35. The molecule has 0 radical (unpaired) electrons. The normalized spacial score (nSPS) is 20.4. The van der Waals surface area contributed by atoms with E-state index in [1.54, 1.807) is 6.33 Å². The molecule has 0 unspecified atom stereocenters. The molecule has 1 aliphatic heterocycles. The maximum Gasteiger partial charge on any atom is 0.135 e. The van der Waals surface area contributed by atoms with Crippen molar-refractivity contribution in [2.45, 2.75) is 45.1 Å². The van der Waals surface area contributed by atoms with E-state index in [4.69, 9.17) is 5.73 Å². The predicted octanol–water partition coefficient (Wildman–Crippen LogP) is 1.21. The van der Waals surface area contributed by atoms with Crippen LogP contribution < -0.4 is 10.6 Å². The number of anilines is 1. The zero-order chi connectivity index (χ0) is 14.9. The minimum atomic E-state index is 0.0944. The highest BCUT2D eigenvalue weighted by molar-refractivity contribution is 5.50. The summed E-state index contributed by atoms with van der Waals surface area (Å²) in [5.41, 5.74) is 8.67. The van der Waals surface area contributed by atoms with Gasteiger partial charge in [-0.2, -0.15) is 0 Å². The highest BCUT2D eigenvalue weighted by Gasteiger charge is 2.30. The Morgan fingerprint density at radius 1 is 1.10 bits per heavy atom. The first-order valence-corrected chi connectivity index (χ1v) is 8.14. The van der Waals surface area contributed by atoms with Crippen molar-refractivity contribution in [3.05, 3.63) is 17.6 Å². The predicted molar refractivity (Wildman–Crippen MR) is 85.6 cm³/mol. The average Bonchev–Trinajstić information content (AvgIpc) is 2.54. The van der Waals surface area contributed by atoms with Crippen molar-refractivity contribution in [1.29, 1.82) is 0 Å². The Balaban J connectivity index is 1.73. The molecule has 1 saturated heterocycles. The molecule has 0 spiro atoms. The number of piperazine rings is 1. The highest BCUT2D eigenvalue weighted by Crippen LogP contribution is 2.28. The third-order valence-corrected chi connectivity index (χ3v) is 5.04. The van der Waals surface area contributed by atoms with E-state index in [0.717, 1.165) is 39.0 Å². The molecule has 0 atom stereocenters. The van der Waals surface area contributed by atoms with Crippen molar-refractivity contribution in [1.82, 2.24) is 14.9 Å². The van der Waals surface area contributed by atoms with Crippen LogP contribution in [0.2, 0.25) is 0 Å². The van der Waals surface area contributed by atoms with Gasteiger partial charge >= 0.3 is 0 Å². The molecule has 5 heteroatoms. The Hall–Kier alpha value is -1.20. The van der Waals surface area contributed by atoms with E-state index in [-0.39, 0.29) is 5.54 Å². The van der Waals surface area contributed by atoms with E-state index in [0.29, 0.717) is 6.54 Å². The monoisotopic (exact) mass is 289 g/mol. The van der Waals surface area contributed by atoms with E-state index in [1.165, 1.54) is 29.9 Å². The number of aromatic nitrogens is 2. The molecule has 116 valence electrons. The van der Waals surface area contributed by atoms with Gasteiger partial charge in [0.05, 0.1) is 0 Å². The molecule has 0 saturated carbocycles. The summed E-state index contributed by atoms with van der Waals surface area (Å²) in [6, 6.07) is 0. The van der Waals surface area contributed by atoms with Crippen LogP contribution in [0.25, 0.3) is 0 Å². The summed E-state index contributed by atoms with van der Waals surface area (Å²) in [5, 5.41) is 0. The molecule has 0 bridgehead atoms. The first-order valence-electron chi connectivity index (χ1n) is 8.14. The number of rotatable bonds is 3. The molecular formula is C16H27N5. The molecule has 1 aromatic heterocycles. The van der Waals surface area contributed by atoms with Crippen LogP contribution in [0.1, 0.15) is 37.9 Å². The van der Waals surface area contributed by atoms with Gasteiger partial charge in [-0.05, 0) is 39.5 Å². The van der Waals surface area contributed by atoms with E-state index < -0.39 is 0 Å². The fourth-order valence-corrected chi connectivity index (χ4v) is 3.43. The number of hydrogen-bond donors (Lipinski definition) is 1. The molecule has 0 amide bonds. The average molecular weight is 289 g/mol. The van der Waals surface area contributed by atoms with Crippen molar-refractivity contribution < 1.29 is 0 Å². The minimum Gasteiger partial charge on any atom is -0.354 e. The molecule has 3 rings (SSSR count). The van der Waals surface area contributed by atoms with E-state index in [9.17, 15) is 0 Å². The fraction of sp³-hybridized carbons (Fsp3) is 0.750. The van der Waals surface area contributed by atoms with Crippen molar-refractivity contribution >= 4 is 5.82 Å². The molecule has 1 fully saturated rings. The van der Waals surface area contributed by atoms with Gasteiger partial charge in [0.1, 0.15) is 12.1 Å². The second-order valence-electron chi connectivity index (χ2n) is 6.82. The van der Waals surface area contributed by atoms with Crippen LogP contribution in [-0.4, -0.2) is 53.1 Å². The maximum absolute atomic E-state index is 5.90. The molecule has 1 aromatic rings. The van der Waals surface area contributed by atoms with Crippen molar-refractivity contribution in [3.8, 4) is 0 Å². The number of hydrogen-bond acceptors (Lipinski definition) is 5. The Morgan fingerprint density at radius 3 is 2.52 bits per heavy atom. The Labute approximate surface area is 127 Å². The third-order valence-electron chi connectivity index (χ3n) is 5.04. The van der Waals surface area contributed by atoms with Crippen LogP contribution >= 0.6 is 0 Å². The van der Waals surface area contributed by atoms with Crippen LogP contribution in [0.4, 0.5) is 5.82 Å². The van der Waals surface area contributed by atoms with E-state index >= 15 is 0 Å². The SMILES string of the molecule is CC(C)(CN)N1CCN(c2ncnc3c2CCCC3)CC1. The summed E-state index contributed by atoms with van der Waals surface area (Å²) in [7, 11) is 0. The molecule has 5 nitrogen and oxygen atoms in total. The first-order chi connectivity index (χ1) is 10.1. The standard InChI is InChI=1S/C16H27N5/c1-16(2,11-17)21-9-7-20(8-10-21)15-13-5-3-4-6-14(13)18-12-19-15/h12H,3-11,17H2,1-2H3. The summed E-state index contributed by atoms with van der Waals surface area (Å²) in [4.78, 5) is 14.0. The molecule has 2 aliphatic rings. The second-order valence-corrected chi connectivity index (χ2v) is 6.82. The number of aryl methyl sites for hydroxylation is 1. The lowest BCUT2D eigenvalue weighted by Crippen LogP contribution is -2.57. The Morgan fingerprint density at radius 2 is 1.81 bits per heavy atom. The lowest BCUT2D eigenvalue weighted by Gasteiger charge is -2.44. The van der Waals surface area contributed by atoms with Gasteiger partial charge in [0.15, 0.2) is 0 Å². The van der Waals surface area contributed by atoms with Gasteiger partial charge in [0.2, 0.25) is 0 Å². The highest BCUT2D eigenvalue weighted by atomic mass is 15.3. The number of fused-ring (bicyclic) bond motifs is 1. The van der Waals surface area contributed by atoms with Gasteiger partial charge in [-0.1, -0.05) is 0 Å². The summed E-state index contributed by atoms with van der Waals surface area (Å²) < 4.78 is 0. The van der Waals surface area contributed by atoms with Crippen LogP contribution in [0.15, 0.2) is 6.33 Å². The fourth-order valence-electron chi connectivity index (χ4n) is 3.43. The molecule has 2 heterocycles. The van der Waals surface area contributed by atoms with Crippen LogP contribution in [0.5, 0.6) is 0 Å². The number of nitrogens with zero attached hydrogens (tertiary/aromatic N) is 4. The van der Waals surface area contributed by atoms with Gasteiger partial charge in [-0.25, -0.2) is 9.97 Å². The molecule has 21 heavy (non-hydrogen) atoms. The molecule has 1 aliphatic carbocycles. The van der Waals surface area contributed by atoms with Gasteiger partial charge in [-0.3, -0.25) is 4.90 Å². The van der Waals surface area contributed by atoms with Crippen LogP contribution in [0.3, 0.4) is 0 Å². The van der Waals surface area contributed by atoms with Crippen molar-refractivity contribution in [3.63, 3.8) is 0 Å². The third kappa shape index (κ3) is 2.90. The van der Waals surface area contributed by atoms with Crippen LogP contribution in [-0.2, 0) is 12.8 Å². The molecule has 0 aromatic carbocycles. The van der Waals surface area contributed by atoms with E-state index in [2.05, 4.69) is 33.6 Å². The first kappa shape index (κ1) is 14.7. The van der Waals surface area contributed by atoms with Crippen molar-refractivity contribution in [2.24, 2.45) is 5.73 Å². The van der Waals surface area contributed by atoms with E-state index in [1.807, 2.05) is 0 Å². The summed E-state index contributed by atoms with van der Waals surface area (Å²) in [5.74, 6) is 1.19. The Kier molecular flexibility index (Phi) is 4.13. The largest absolute Gasteiger partial charge is 0.354 e. The smallest absolute Gasteiger partial charge is 0.135 e. The zero-order valence-electron chi connectivity index (χ0n) is 13.3. The topological polar surface area (TPSA) is 58.3 Å². The van der Waals surface area contributed by atoms with Gasteiger partial charge in [-0.15, -0.1) is 0 Å². The van der Waals surface area contributed by atoms with Gasteiger partial charge in [0, 0.05) is 49.5 Å². The quantitative estimate of drug-likeness (QED) is 0.906. The minimum absolute atomic E-state index is 0.0944.